The fourth-order valence-corrected chi connectivity index (χ4v) is 14.3. The fraction of sp³-hybridized carbons (Fsp3) is 0.627. The zero-order chi connectivity index (χ0) is 50.6. The number of hydrogen-bond acceptors (Lipinski definition) is 10. The number of aryl methyl sites for hydroxylation is 1. The number of rotatable bonds is 9. The first kappa shape index (κ1) is 50.3. The van der Waals surface area contributed by atoms with Crippen molar-refractivity contribution in [2.24, 2.45) is 16.7 Å². The highest BCUT2D eigenvalue weighted by Gasteiger charge is 2.47. The lowest BCUT2D eigenvalue weighted by Gasteiger charge is -2.39. The monoisotopic (exact) mass is 998 g/mol. The smallest absolute Gasteiger partial charge is 0.324 e. The van der Waals surface area contributed by atoms with Gasteiger partial charge in [-0.05, 0) is 154 Å². The summed E-state index contributed by atoms with van der Waals surface area (Å²) in [6.07, 6.45) is 12.8. The van der Waals surface area contributed by atoms with Gasteiger partial charge in [-0.15, -0.1) is 0 Å². The molecule has 0 radical (unpaired) electrons. The summed E-state index contributed by atoms with van der Waals surface area (Å²) < 4.78 is 23.9. The van der Waals surface area contributed by atoms with Gasteiger partial charge in [0, 0.05) is 80.2 Å². The second-order valence-corrected chi connectivity index (χ2v) is 24.2. The van der Waals surface area contributed by atoms with Gasteiger partial charge in [-0.1, -0.05) is 58.7 Å². The third-order valence-corrected chi connectivity index (χ3v) is 18.0. The molecule has 5 atom stereocenters. The van der Waals surface area contributed by atoms with Crippen LogP contribution in [-0.2, 0) is 45.2 Å². The molecule has 5 saturated heterocycles. The van der Waals surface area contributed by atoms with Crippen molar-refractivity contribution >= 4 is 34.4 Å². The van der Waals surface area contributed by atoms with Crippen molar-refractivity contribution in [3.63, 3.8) is 0 Å². The van der Waals surface area contributed by atoms with Gasteiger partial charge >= 0.3 is 5.97 Å². The zero-order valence-electron chi connectivity index (χ0n) is 44.2. The highest BCUT2D eigenvalue weighted by atomic mass is 19.1. The van der Waals surface area contributed by atoms with E-state index in [9.17, 15) is 4.79 Å². The molecule has 1 spiro atoms. The van der Waals surface area contributed by atoms with E-state index in [4.69, 9.17) is 9.72 Å². The summed E-state index contributed by atoms with van der Waals surface area (Å²) in [5.74, 6) is -0.431. The summed E-state index contributed by atoms with van der Waals surface area (Å²) in [5.41, 5.74) is 12.8. The van der Waals surface area contributed by atoms with E-state index in [1.807, 2.05) is 12.1 Å². The topological polar surface area (TPSA) is 127 Å². The Hall–Kier alpha value is -4.89. The normalized spacial score (nSPS) is 26.8. The molecule has 7 aliphatic rings. The van der Waals surface area contributed by atoms with Gasteiger partial charge in [0.15, 0.2) is 0 Å². The van der Waals surface area contributed by atoms with Gasteiger partial charge in [0.1, 0.15) is 18.8 Å². The number of esters is 1. The Morgan fingerprint density at radius 2 is 1.78 bits per heavy atom. The zero-order valence-corrected chi connectivity index (χ0v) is 44.2. The van der Waals surface area contributed by atoms with Crippen molar-refractivity contribution in [1.29, 1.82) is 0 Å². The molecule has 6 aliphatic heterocycles. The number of pyridine rings is 1. The Kier molecular flexibility index (Phi) is 14.2. The minimum atomic E-state index is -0.958. The Morgan fingerprint density at radius 3 is 2.56 bits per heavy atom. The molecule has 6 bridgehead atoms. The molecule has 1 saturated carbocycles. The summed E-state index contributed by atoms with van der Waals surface area (Å²) in [4.78, 5) is 57.2. The van der Waals surface area contributed by atoms with E-state index in [1.54, 1.807) is 0 Å². The van der Waals surface area contributed by atoms with Crippen molar-refractivity contribution in [2.45, 2.75) is 155 Å². The number of hydrazine groups is 1. The number of amides is 2. The summed E-state index contributed by atoms with van der Waals surface area (Å²) >= 11 is 0. The molecule has 2 aromatic carbocycles. The molecule has 2 amide bonds. The number of carbonyl (C=O) groups is 3. The third kappa shape index (κ3) is 10.1. The maximum absolute atomic E-state index is 15.2. The number of benzene rings is 2. The first-order valence-corrected chi connectivity index (χ1v) is 28.1. The number of nitrogens with zero attached hydrogens (tertiary/aromatic N) is 6. The van der Waals surface area contributed by atoms with Crippen LogP contribution in [0.15, 0.2) is 48.7 Å². The molecule has 73 heavy (non-hydrogen) atoms. The Labute approximate surface area is 432 Å². The Bertz CT molecular complexity index is 2710. The van der Waals surface area contributed by atoms with Gasteiger partial charge in [-0.2, -0.15) is 0 Å². The number of likely N-dealkylation sites (tertiary alicyclic amines) is 1. The number of ether oxygens (including phenoxy) is 1. The number of alkyl halides is 1. The van der Waals surface area contributed by atoms with Crippen LogP contribution in [0.1, 0.15) is 127 Å². The molecule has 0 unspecified atom stereocenters. The predicted octanol–water partition coefficient (Wildman–Crippen LogP) is 8.16. The summed E-state index contributed by atoms with van der Waals surface area (Å²) in [6, 6.07) is 13.4. The number of nitrogens with one attached hydrogen (secondary N) is 3. The van der Waals surface area contributed by atoms with Gasteiger partial charge in [0.2, 0.25) is 5.91 Å². The SMILES string of the molecule is CCn1c(-c2cc(N3CCN4CCC[C@@H]4C3)cnc2C(C)C)c2c3cc(ccc31)-c1cc(CF)cc(c1)C[C@H](NC(=O)[C@H](C1CCCC1)N1CC[C@]3(CCNC3)C1)C(=O)N1CCC[C@H](N1)C(=O)OCC(C)(C)C2. The number of piperazine rings is 1. The average Bonchev–Trinajstić information content (AvgIpc) is 4.28. The highest BCUT2D eigenvalue weighted by molar-refractivity contribution is 5.96. The molecule has 392 valence electrons. The average molecular weight is 998 g/mol. The second-order valence-electron chi connectivity index (χ2n) is 24.2. The van der Waals surface area contributed by atoms with Crippen LogP contribution in [0, 0.1) is 16.7 Å². The van der Waals surface area contributed by atoms with Crippen molar-refractivity contribution in [3.05, 3.63) is 71.0 Å². The van der Waals surface area contributed by atoms with Gasteiger partial charge in [0.25, 0.3) is 5.91 Å². The molecule has 6 fully saturated rings. The fourth-order valence-electron chi connectivity index (χ4n) is 14.3. The number of halogens is 1. The molecule has 11 rings (SSSR count). The first-order chi connectivity index (χ1) is 35.3. The number of anilines is 1. The Morgan fingerprint density at radius 1 is 0.945 bits per heavy atom. The van der Waals surface area contributed by atoms with E-state index >= 15 is 14.0 Å². The van der Waals surface area contributed by atoms with E-state index in [-0.39, 0.29) is 48.1 Å². The minimum absolute atomic E-state index is 0.112. The first-order valence-electron chi connectivity index (χ1n) is 28.1. The van der Waals surface area contributed by atoms with Crippen molar-refractivity contribution in [2.75, 3.05) is 70.4 Å². The second kappa shape index (κ2) is 20.7. The highest BCUT2D eigenvalue weighted by Crippen LogP contribution is 2.44. The molecule has 14 heteroatoms. The summed E-state index contributed by atoms with van der Waals surface area (Å²) in [6.45, 7) is 19.5. The van der Waals surface area contributed by atoms with Gasteiger partial charge in [0.05, 0.1) is 35.9 Å². The molecular weight excluding hydrogens is 918 g/mol. The van der Waals surface area contributed by atoms with Crippen LogP contribution in [0.4, 0.5) is 10.1 Å². The van der Waals surface area contributed by atoms with Crippen LogP contribution >= 0.6 is 0 Å². The van der Waals surface area contributed by atoms with Gasteiger partial charge < -0.3 is 24.8 Å². The van der Waals surface area contributed by atoms with E-state index in [2.05, 4.69) is 106 Å². The summed E-state index contributed by atoms with van der Waals surface area (Å²) in [7, 11) is 0. The predicted molar refractivity (Wildman–Crippen MR) is 286 cm³/mol. The lowest BCUT2D eigenvalue weighted by Crippen LogP contribution is -2.62. The lowest BCUT2D eigenvalue weighted by molar-refractivity contribution is -0.155. The maximum atomic E-state index is 15.2. The molecular formula is C59H80FN9O4. The van der Waals surface area contributed by atoms with E-state index in [0.29, 0.717) is 37.4 Å². The summed E-state index contributed by atoms with van der Waals surface area (Å²) in [5, 5.41) is 9.55. The van der Waals surface area contributed by atoms with Crippen LogP contribution in [0.3, 0.4) is 0 Å². The molecule has 8 heterocycles. The van der Waals surface area contributed by atoms with Crippen LogP contribution in [0.5, 0.6) is 0 Å². The van der Waals surface area contributed by atoms with Crippen LogP contribution < -0.4 is 21.0 Å². The number of aromatic nitrogens is 2. The largest absolute Gasteiger partial charge is 0.464 e. The van der Waals surface area contributed by atoms with E-state index < -0.39 is 30.1 Å². The quantitative estimate of drug-likeness (QED) is 0.142. The van der Waals surface area contributed by atoms with E-state index in [1.165, 1.54) is 30.0 Å². The maximum Gasteiger partial charge on any atom is 0.324 e. The minimum Gasteiger partial charge on any atom is -0.464 e. The third-order valence-electron chi connectivity index (χ3n) is 18.0. The Balaban J connectivity index is 1.01. The van der Waals surface area contributed by atoms with Crippen LogP contribution in [-0.4, -0.2) is 132 Å². The van der Waals surface area contributed by atoms with Crippen molar-refractivity contribution < 1.29 is 23.5 Å². The number of fused-ring (bicyclic) bond motifs is 7. The van der Waals surface area contributed by atoms with Gasteiger partial charge in [-0.25, -0.2) is 9.82 Å². The molecule has 4 aromatic rings. The van der Waals surface area contributed by atoms with Gasteiger partial charge in [-0.3, -0.25) is 34.2 Å². The van der Waals surface area contributed by atoms with Crippen LogP contribution in [0.2, 0.25) is 0 Å². The molecule has 2 aromatic heterocycles. The van der Waals surface area contributed by atoms with E-state index in [0.717, 1.165) is 141 Å². The molecule has 3 N–H and O–H groups in total. The van der Waals surface area contributed by atoms with Crippen molar-refractivity contribution in [1.82, 2.24) is 40.4 Å². The van der Waals surface area contributed by atoms with Crippen molar-refractivity contribution in [3.8, 4) is 22.4 Å². The molecule has 13 nitrogen and oxygen atoms in total. The number of hydrogen-bond donors (Lipinski definition) is 3. The number of carbonyl (C=O) groups excluding carboxylic acids is 3. The number of cyclic esters (lactones) is 1. The standard InChI is InChI=1S/C59H80FN9O4/c1-6-68-51-16-15-42-29-46(51)48(54(68)47-30-45(33-62-52(47)38(2)3)66-24-23-65-20-9-13-44(65)34-66)31-58(4,5)37-73-57(72)49-14-10-21-69(64-49)56(71)50(28-39-25-40(32-60)27-43(42)26-39)63-55(70)53(41-11-7-8-12-41)67-22-18-59(36-67)17-19-61-35-59/h15-16,25-27,29-30,33,38,41,44,49-50,53,61,64H,6-14,17-24,28,31-32,34-37H2,1-5H3,(H,63,70)/t44-,49+,50+,53+,59+/m1/s1. The lowest BCUT2D eigenvalue weighted by atomic mass is 9.83. The molecule has 1 aliphatic carbocycles. The van der Waals surface area contributed by atoms with Crippen LogP contribution in [0.25, 0.3) is 33.3 Å².